The number of hydrogen-bond acceptors (Lipinski definition) is 8. The molecule has 0 bridgehead atoms. The lowest BCUT2D eigenvalue weighted by Gasteiger charge is -2.14. The molecule has 1 aromatic heterocycles. The van der Waals surface area contributed by atoms with Crippen LogP contribution in [0.3, 0.4) is 0 Å². The molecule has 158 valence electrons. The Morgan fingerprint density at radius 3 is 2.47 bits per heavy atom. The Morgan fingerprint density at radius 2 is 1.83 bits per heavy atom. The van der Waals surface area contributed by atoms with Gasteiger partial charge in [0.15, 0.2) is 17.3 Å². The van der Waals surface area contributed by atoms with Crippen LogP contribution in [0.1, 0.15) is 20.3 Å². The summed E-state index contributed by atoms with van der Waals surface area (Å²) in [5.41, 5.74) is -0.203. The Balaban J connectivity index is 2.15. The van der Waals surface area contributed by atoms with Gasteiger partial charge < -0.3 is 28.8 Å². The van der Waals surface area contributed by atoms with Crippen LogP contribution in [0.2, 0.25) is 0 Å². The molecule has 8 nitrogen and oxygen atoms in total. The van der Waals surface area contributed by atoms with E-state index in [9.17, 15) is 19.8 Å². The van der Waals surface area contributed by atoms with Crippen LogP contribution in [0.25, 0.3) is 22.3 Å². The third kappa shape index (κ3) is 3.76. The lowest BCUT2D eigenvalue weighted by atomic mass is 10.1. The smallest absolute Gasteiger partial charge is 0.314 e. The normalized spacial score (nSPS) is 11.9. The SMILES string of the molecule is CC[C@H](C)C(=O)Oc1ccc(-c2oc3cc(O)cc(O)c3c(=O)c2OC)cc1OC. The molecule has 3 rings (SSSR count). The minimum absolute atomic E-state index is 0.0143. The van der Waals surface area contributed by atoms with Crippen molar-refractivity contribution in [3.05, 3.63) is 40.6 Å². The van der Waals surface area contributed by atoms with Crippen LogP contribution >= 0.6 is 0 Å². The van der Waals surface area contributed by atoms with Crippen LogP contribution in [0.5, 0.6) is 28.7 Å². The molecule has 0 fully saturated rings. The summed E-state index contributed by atoms with van der Waals surface area (Å²) in [5.74, 6) is -0.917. The largest absolute Gasteiger partial charge is 0.508 e. The highest BCUT2D eigenvalue weighted by Crippen LogP contribution is 2.39. The number of ether oxygens (including phenoxy) is 3. The van der Waals surface area contributed by atoms with Gasteiger partial charge in [-0.3, -0.25) is 9.59 Å². The summed E-state index contributed by atoms with van der Waals surface area (Å²) in [6.07, 6.45) is 0.637. The van der Waals surface area contributed by atoms with E-state index in [1.165, 1.54) is 32.4 Å². The van der Waals surface area contributed by atoms with E-state index in [-0.39, 0.29) is 51.6 Å². The molecular formula is C22H22O8. The van der Waals surface area contributed by atoms with Crippen LogP contribution in [-0.2, 0) is 4.79 Å². The van der Waals surface area contributed by atoms with Gasteiger partial charge in [-0.15, -0.1) is 0 Å². The summed E-state index contributed by atoms with van der Waals surface area (Å²) < 4.78 is 21.8. The van der Waals surface area contributed by atoms with E-state index in [0.29, 0.717) is 12.0 Å². The van der Waals surface area contributed by atoms with Crippen molar-refractivity contribution >= 4 is 16.9 Å². The van der Waals surface area contributed by atoms with E-state index in [1.807, 2.05) is 6.92 Å². The third-order valence-corrected chi connectivity index (χ3v) is 4.77. The van der Waals surface area contributed by atoms with Crippen molar-refractivity contribution in [2.24, 2.45) is 5.92 Å². The number of carbonyl (C=O) groups excluding carboxylic acids is 1. The highest BCUT2D eigenvalue weighted by atomic mass is 16.6. The molecule has 3 aromatic rings. The number of rotatable bonds is 6. The first-order valence-corrected chi connectivity index (χ1v) is 9.27. The number of benzene rings is 2. The first-order chi connectivity index (χ1) is 14.3. The van der Waals surface area contributed by atoms with E-state index in [4.69, 9.17) is 18.6 Å². The molecule has 0 saturated carbocycles. The highest BCUT2D eigenvalue weighted by Gasteiger charge is 2.22. The van der Waals surface area contributed by atoms with Crippen molar-refractivity contribution < 1.29 is 33.6 Å². The standard InChI is InChI=1S/C22H22O8/c1-5-11(2)22(26)30-15-7-6-12(8-16(15)27-3)20-21(28-4)19(25)18-14(24)9-13(23)10-17(18)29-20/h6-11,23-24H,5H2,1-4H3/t11-/m0/s1. The third-order valence-electron chi connectivity index (χ3n) is 4.77. The maximum absolute atomic E-state index is 12.8. The fraction of sp³-hybridized carbons (Fsp3) is 0.273. The van der Waals surface area contributed by atoms with Gasteiger partial charge in [-0.05, 0) is 24.6 Å². The molecule has 0 aliphatic carbocycles. The van der Waals surface area contributed by atoms with Crippen LogP contribution in [0.4, 0.5) is 0 Å². The summed E-state index contributed by atoms with van der Waals surface area (Å²) in [7, 11) is 2.72. The van der Waals surface area contributed by atoms with Gasteiger partial charge in [-0.2, -0.15) is 0 Å². The predicted molar refractivity (Wildman–Crippen MR) is 109 cm³/mol. The molecule has 1 atom stereocenters. The summed E-state index contributed by atoms with van der Waals surface area (Å²) in [6.45, 7) is 3.65. The molecule has 0 spiro atoms. The van der Waals surface area contributed by atoms with Gasteiger partial charge in [0.05, 0.1) is 20.1 Å². The topological polar surface area (TPSA) is 115 Å². The number of phenolic OH excluding ortho intramolecular Hbond substituents is 2. The highest BCUT2D eigenvalue weighted by molar-refractivity contribution is 5.88. The Hall–Kier alpha value is -3.68. The van der Waals surface area contributed by atoms with Crippen molar-refractivity contribution in [3.8, 4) is 40.1 Å². The summed E-state index contributed by atoms with van der Waals surface area (Å²) >= 11 is 0. The van der Waals surface area contributed by atoms with Gasteiger partial charge in [0.1, 0.15) is 22.5 Å². The average molecular weight is 414 g/mol. The van der Waals surface area contributed by atoms with Gasteiger partial charge in [-0.25, -0.2) is 0 Å². The molecule has 0 radical (unpaired) electrons. The second-order valence-electron chi connectivity index (χ2n) is 6.73. The van der Waals surface area contributed by atoms with E-state index in [1.54, 1.807) is 13.0 Å². The van der Waals surface area contributed by atoms with Crippen molar-refractivity contribution in [2.75, 3.05) is 14.2 Å². The number of carbonyl (C=O) groups is 1. The zero-order valence-electron chi connectivity index (χ0n) is 17.0. The van der Waals surface area contributed by atoms with Crippen LogP contribution in [0.15, 0.2) is 39.5 Å². The molecule has 8 heteroatoms. The Labute approximate surface area is 172 Å². The Morgan fingerprint density at radius 1 is 1.10 bits per heavy atom. The van der Waals surface area contributed by atoms with E-state index >= 15 is 0 Å². The monoisotopic (exact) mass is 414 g/mol. The molecule has 2 aromatic carbocycles. The van der Waals surface area contributed by atoms with Crippen LogP contribution in [0, 0.1) is 5.92 Å². The van der Waals surface area contributed by atoms with E-state index in [0.717, 1.165) is 6.07 Å². The number of hydrogen-bond donors (Lipinski definition) is 2. The molecule has 2 N–H and O–H groups in total. The van der Waals surface area contributed by atoms with Crippen LogP contribution in [-0.4, -0.2) is 30.4 Å². The number of esters is 1. The van der Waals surface area contributed by atoms with Gasteiger partial charge in [0, 0.05) is 17.7 Å². The molecule has 30 heavy (non-hydrogen) atoms. The minimum Gasteiger partial charge on any atom is -0.508 e. The first-order valence-electron chi connectivity index (χ1n) is 9.27. The Bertz CT molecular complexity index is 1160. The Kier molecular flexibility index (Phi) is 5.86. The van der Waals surface area contributed by atoms with Gasteiger partial charge in [0.25, 0.3) is 0 Å². The van der Waals surface area contributed by atoms with Crippen LogP contribution < -0.4 is 19.6 Å². The lowest BCUT2D eigenvalue weighted by Crippen LogP contribution is -2.17. The minimum atomic E-state index is -0.600. The summed E-state index contributed by atoms with van der Waals surface area (Å²) in [4.78, 5) is 25.0. The van der Waals surface area contributed by atoms with Crippen molar-refractivity contribution in [1.29, 1.82) is 0 Å². The molecule has 0 saturated heterocycles. The maximum Gasteiger partial charge on any atom is 0.314 e. The molecular weight excluding hydrogens is 392 g/mol. The fourth-order valence-corrected chi connectivity index (χ4v) is 2.91. The summed E-state index contributed by atoms with van der Waals surface area (Å²) in [6, 6.07) is 6.91. The van der Waals surface area contributed by atoms with Gasteiger partial charge in [-0.1, -0.05) is 13.8 Å². The fourth-order valence-electron chi connectivity index (χ4n) is 2.91. The van der Waals surface area contributed by atoms with Crippen molar-refractivity contribution in [2.45, 2.75) is 20.3 Å². The zero-order valence-corrected chi connectivity index (χ0v) is 17.0. The van der Waals surface area contributed by atoms with E-state index in [2.05, 4.69) is 0 Å². The lowest BCUT2D eigenvalue weighted by molar-refractivity contribution is -0.138. The van der Waals surface area contributed by atoms with Crippen molar-refractivity contribution in [1.82, 2.24) is 0 Å². The summed E-state index contributed by atoms with van der Waals surface area (Å²) in [5, 5.41) is 19.7. The number of fused-ring (bicyclic) bond motifs is 1. The molecule has 0 aliphatic heterocycles. The van der Waals surface area contributed by atoms with Gasteiger partial charge in [0.2, 0.25) is 11.2 Å². The second kappa shape index (κ2) is 8.36. The zero-order chi connectivity index (χ0) is 22.0. The molecule has 0 amide bonds. The molecule has 1 heterocycles. The van der Waals surface area contributed by atoms with Gasteiger partial charge >= 0.3 is 5.97 Å². The number of phenols is 2. The van der Waals surface area contributed by atoms with Crippen molar-refractivity contribution in [3.63, 3.8) is 0 Å². The number of methoxy groups -OCH3 is 2. The molecule has 0 unspecified atom stereocenters. The van der Waals surface area contributed by atoms with E-state index < -0.39 is 11.2 Å². The predicted octanol–water partition coefficient (Wildman–Crippen LogP) is 3.84. The first kappa shape index (κ1) is 21.0. The second-order valence-corrected chi connectivity index (χ2v) is 6.73. The maximum atomic E-state index is 12.8. The number of aromatic hydroxyl groups is 2. The quantitative estimate of drug-likeness (QED) is 0.462. The average Bonchev–Trinajstić information content (AvgIpc) is 2.72. The molecule has 0 aliphatic rings.